The molecule has 0 bridgehead atoms. The summed E-state index contributed by atoms with van der Waals surface area (Å²) in [6.07, 6.45) is 13.4. The van der Waals surface area contributed by atoms with Gasteiger partial charge in [0.25, 0.3) is 0 Å². The van der Waals surface area contributed by atoms with E-state index in [2.05, 4.69) is 34.6 Å². The average Bonchev–Trinajstić information content (AvgIpc) is 2.93. The summed E-state index contributed by atoms with van der Waals surface area (Å²) in [6, 6.07) is 7.98. The molecule has 0 saturated carbocycles. The van der Waals surface area contributed by atoms with E-state index in [0.717, 1.165) is 41.7 Å². The van der Waals surface area contributed by atoms with Crippen molar-refractivity contribution in [1.29, 1.82) is 0 Å². The van der Waals surface area contributed by atoms with Crippen molar-refractivity contribution in [3.05, 3.63) is 53.1 Å². The molecular weight excluding hydrogens is 533 g/mol. The third-order valence-corrected chi connectivity index (χ3v) is 9.65. The van der Waals surface area contributed by atoms with E-state index in [1.165, 1.54) is 24.8 Å². The van der Waals surface area contributed by atoms with Gasteiger partial charge in [-0.3, -0.25) is 14.4 Å². The van der Waals surface area contributed by atoms with Crippen LogP contribution in [0.2, 0.25) is 0 Å². The van der Waals surface area contributed by atoms with Gasteiger partial charge < -0.3 is 0 Å². The molecule has 0 radical (unpaired) electrons. The zero-order chi connectivity index (χ0) is 30.5. The van der Waals surface area contributed by atoms with E-state index >= 15 is 0 Å². The first-order valence-corrected chi connectivity index (χ1v) is 17.8. The standard InChI is InChI=1S/C28H38O3S2.C5H12.C2H6/c1-6-10-22-15-19(3)16-24(18-22)28(31)25(7-2)26(30)14-13-21(5)32-33-27-12-9-8-11-23(27)17-20(4)29;1-3-5-4-2;1-2/h8-9,11-12,16,18-19,21,25H,6-7,10,13-15,17H2,1-5H3;3-5H2,1-2H3;1-2H3. The first-order valence-electron chi connectivity index (χ1n) is 15.5. The molecule has 0 saturated heterocycles. The third-order valence-electron chi connectivity index (χ3n) is 6.60. The van der Waals surface area contributed by atoms with Gasteiger partial charge in [-0.05, 0) is 50.2 Å². The zero-order valence-corrected chi connectivity index (χ0v) is 28.4. The highest BCUT2D eigenvalue weighted by molar-refractivity contribution is 8.77. The van der Waals surface area contributed by atoms with Crippen LogP contribution in [-0.2, 0) is 20.8 Å². The van der Waals surface area contributed by atoms with Gasteiger partial charge in [-0.25, -0.2) is 0 Å². The normalized spacial score (nSPS) is 15.8. The van der Waals surface area contributed by atoms with E-state index in [1.807, 2.05) is 57.2 Å². The minimum Gasteiger partial charge on any atom is -0.300 e. The molecule has 0 fully saturated rings. The van der Waals surface area contributed by atoms with E-state index in [9.17, 15) is 14.4 Å². The molecule has 0 aromatic heterocycles. The molecule has 1 aliphatic carbocycles. The van der Waals surface area contributed by atoms with Crippen molar-refractivity contribution in [3.8, 4) is 0 Å². The maximum Gasteiger partial charge on any atom is 0.172 e. The van der Waals surface area contributed by atoms with Crippen molar-refractivity contribution in [2.24, 2.45) is 11.8 Å². The molecule has 226 valence electrons. The molecule has 0 spiro atoms. The van der Waals surface area contributed by atoms with Crippen LogP contribution < -0.4 is 0 Å². The van der Waals surface area contributed by atoms with Crippen molar-refractivity contribution < 1.29 is 14.4 Å². The number of hydrogen-bond acceptors (Lipinski definition) is 5. The minimum atomic E-state index is -0.540. The second-order valence-electron chi connectivity index (χ2n) is 10.5. The summed E-state index contributed by atoms with van der Waals surface area (Å²) >= 11 is 0. The highest BCUT2D eigenvalue weighted by Crippen LogP contribution is 2.38. The van der Waals surface area contributed by atoms with Crippen LogP contribution in [0, 0.1) is 11.8 Å². The third kappa shape index (κ3) is 15.4. The summed E-state index contributed by atoms with van der Waals surface area (Å²) in [6.45, 7) is 18.4. The highest BCUT2D eigenvalue weighted by atomic mass is 33.1. The maximum atomic E-state index is 13.2. The number of ketones is 3. The number of unbranched alkanes of at least 4 members (excludes halogenated alkanes) is 2. The van der Waals surface area contributed by atoms with Crippen molar-refractivity contribution in [3.63, 3.8) is 0 Å². The van der Waals surface area contributed by atoms with Crippen LogP contribution in [0.1, 0.15) is 126 Å². The summed E-state index contributed by atoms with van der Waals surface area (Å²) in [5.41, 5.74) is 3.11. The summed E-state index contributed by atoms with van der Waals surface area (Å²) in [5, 5.41) is 0.266. The smallest absolute Gasteiger partial charge is 0.172 e. The molecule has 1 aliphatic rings. The molecular formula is C35H56O3S2. The average molecular weight is 589 g/mol. The molecule has 5 heteroatoms. The van der Waals surface area contributed by atoms with Crippen molar-refractivity contribution in [2.75, 3.05) is 0 Å². The molecule has 1 aromatic carbocycles. The molecule has 0 aliphatic heterocycles. The SMILES string of the molecule is CC.CCCC1=CC(C(=O)C(CC)C(=O)CCC(C)SSc2ccccc2CC(C)=O)=CC(C)C1.CCCCC. The number of Topliss-reactive ketones (excluding diaryl/α,β-unsaturated/α-hetero) is 3. The van der Waals surface area contributed by atoms with Crippen molar-refractivity contribution in [2.45, 2.75) is 137 Å². The number of allylic oxidation sites excluding steroid dienone is 4. The van der Waals surface area contributed by atoms with Crippen molar-refractivity contribution >= 4 is 38.9 Å². The predicted octanol–water partition coefficient (Wildman–Crippen LogP) is 10.8. The Morgan fingerprint density at radius 3 is 2.20 bits per heavy atom. The van der Waals surface area contributed by atoms with Crippen molar-refractivity contribution in [1.82, 2.24) is 0 Å². The lowest BCUT2D eigenvalue weighted by Gasteiger charge is -2.21. The Kier molecular flexibility index (Phi) is 22.1. The Balaban J connectivity index is 0.00000195. The van der Waals surface area contributed by atoms with Crippen LogP contribution >= 0.6 is 21.6 Å². The highest BCUT2D eigenvalue weighted by Gasteiger charge is 2.28. The largest absolute Gasteiger partial charge is 0.300 e. The van der Waals surface area contributed by atoms with Gasteiger partial charge in [0.1, 0.15) is 11.6 Å². The first-order chi connectivity index (χ1) is 19.2. The molecule has 1 aromatic rings. The van der Waals surface area contributed by atoms with Crippen LogP contribution in [0.4, 0.5) is 0 Å². The fourth-order valence-corrected chi connectivity index (χ4v) is 7.01. The molecule has 2 rings (SSSR count). The molecule has 0 heterocycles. The quantitative estimate of drug-likeness (QED) is 0.142. The summed E-state index contributed by atoms with van der Waals surface area (Å²) in [5.74, 6) is 0.0161. The van der Waals surface area contributed by atoms with Crippen LogP contribution in [-0.4, -0.2) is 22.6 Å². The summed E-state index contributed by atoms with van der Waals surface area (Å²) < 4.78 is 0. The minimum absolute atomic E-state index is 0.00417. The number of carbonyl (C=O) groups is 3. The second-order valence-corrected chi connectivity index (χ2v) is 13.2. The van der Waals surface area contributed by atoms with E-state index < -0.39 is 5.92 Å². The lowest BCUT2D eigenvalue weighted by atomic mass is 9.82. The lowest BCUT2D eigenvalue weighted by molar-refractivity contribution is -0.131. The Morgan fingerprint density at radius 2 is 1.65 bits per heavy atom. The Bertz CT molecular complexity index is 946. The van der Waals surface area contributed by atoms with Crippen LogP contribution in [0.15, 0.2) is 52.5 Å². The predicted molar refractivity (Wildman–Crippen MR) is 178 cm³/mol. The monoisotopic (exact) mass is 588 g/mol. The Hall–Kier alpha value is -1.59. The van der Waals surface area contributed by atoms with Crippen LogP contribution in [0.25, 0.3) is 0 Å². The number of rotatable bonds is 16. The fourth-order valence-electron chi connectivity index (χ4n) is 4.57. The van der Waals surface area contributed by atoms with Gasteiger partial charge in [0.2, 0.25) is 0 Å². The first kappa shape index (κ1) is 38.4. The molecule has 0 N–H and O–H groups in total. The number of benzene rings is 1. The Morgan fingerprint density at radius 1 is 1.00 bits per heavy atom. The van der Waals surface area contributed by atoms with Gasteiger partial charge in [-0.2, -0.15) is 0 Å². The lowest BCUT2D eigenvalue weighted by Crippen LogP contribution is -2.26. The summed E-state index contributed by atoms with van der Waals surface area (Å²) in [4.78, 5) is 38.8. The Labute approximate surface area is 254 Å². The van der Waals surface area contributed by atoms with Crippen LogP contribution in [0.5, 0.6) is 0 Å². The van der Waals surface area contributed by atoms with Gasteiger partial charge in [0, 0.05) is 28.6 Å². The molecule has 3 nitrogen and oxygen atoms in total. The zero-order valence-electron chi connectivity index (χ0n) is 26.8. The van der Waals surface area contributed by atoms with Gasteiger partial charge in [0.05, 0.1) is 5.92 Å². The molecule has 40 heavy (non-hydrogen) atoms. The molecule has 3 atom stereocenters. The van der Waals surface area contributed by atoms with E-state index in [4.69, 9.17) is 0 Å². The van der Waals surface area contributed by atoms with E-state index in [1.54, 1.807) is 28.5 Å². The van der Waals surface area contributed by atoms with Gasteiger partial charge in [0.15, 0.2) is 5.78 Å². The van der Waals surface area contributed by atoms with E-state index in [-0.39, 0.29) is 22.6 Å². The van der Waals surface area contributed by atoms with Gasteiger partial charge >= 0.3 is 0 Å². The topological polar surface area (TPSA) is 51.2 Å². The fraction of sp³-hybridized carbons (Fsp3) is 0.629. The molecule has 0 amide bonds. The van der Waals surface area contributed by atoms with Gasteiger partial charge in [-0.1, -0.05) is 139 Å². The van der Waals surface area contributed by atoms with Crippen LogP contribution in [0.3, 0.4) is 0 Å². The maximum absolute atomic E-state index is 13.2. The molecule has 3 unspecified atom stereocenters. The van der Waals surface area contributed by atoms with Gasteiger partial charge in [-0.15, -0.1) is 0 Å². The number of carbonyl (C=O) groups excluding carboxylic acids is 3. The second kappa shape index (κ2) is 23.0. The summed E-state index contributed by atoms with van der Waals surface area (Å²) in [7, 11) is 3.39. The van der Waals surface area contributed by atoms with E-state index in [0.29, 0.717) is 25.2 Å². The number of hydrogen-bond donors (Lipinski definition) is 0.